The van der Waals surface area contributed by atoms with Gasteiger partial charge in [0.05, 0.1) is 23.9 Å². The van der Waals surface area contributed by atoms with E-state index < -0.39 is 5.97 Å². The zero-order chi connectivity index (χ0) is 22.0. The molecule has 3 aromatic rings. The van der Waals surface area contributed by atoms with Crippen molar-refractivity contribution in [3.8, 4) is 0 Å². The largest absolute Gasteiger partial charge is 0.465 e. The second-order valence-electron chi connectivity index (χ2n) is 8.07. The number of esters is 1. The Bertz CT molecular complexity index is 1140. The standard InChI is InChI=1S/C24H26N4O3/c1-15-6-5-11-28(14-15)23(29)20-13-25-22-19(10-9-16(2)26-22)21(20)27-18-8-4-7-17(12-18)24(30)31-3/h4,7-10,12-13,15H,5-6,11,14H2,1-3H3,(H,25,26,27)/t15-/m1/s1. The minimum Gasteiger partial charge on any atom is -0.465 e. The lowest BCUT2D eigenvalue weighted by Gasteiger charge is -2.31. The van der Waals surface area contributed by atoms with Crippen LogP contribution < -0.4 is 5.32 Å². The molecule has 0 unspecified atom stereocenters. The van der Waals surface area contributed by atoms with Crippen LogP contribution in [0.25, 0.3) is 11.0 Å². The lowest BCUT2D eigenvalue weighted by molar-refractivity contribution is 0.0600. The van der Waals surface area contributed by atoms with Crippen molar-refractivity contribution in [3.05, 3.63) is 59.4 Å². The Kier molecular flexibility index (Phi) is 5.84. The van der Waals surface area contributed by atoms with Crippen molar-refractivity contribution in [3.63, 3.8) is 0 Å². The summed E-state index contributed by atoms with van der Waals surface area (Å²) in [6, 6.07) is 10.8. The average molecular weight is 418 g/mol. The summed E-state index contributed by atoms with van der Waals surface area (Å²) in [6.45, 7) is 5.55. The topological polar surface area (TPSA) is 84.4 Å². The van der Waals surface area contributed by atoms with Crippen molar-refractivity contribution in [2.24, 2.45) is 5.92 Å². The Labute approximate surface area is 181 Å². The van der Waals surface area contributed by atoms with Crippen LogP contribution in [0.1, 0.15) is 46.2 Å². The molecule has 0 aliphatic carbocycles. The van der Waals surface area contributed by atoms with Crippen molar-refractivity contribution in [1.29, 1.82) is 0 Å². The summed E-state index contributed by atoms with van der Waals surface area (Å²) < 4.78 is 4.83. The minimum atomic E-state index is -0.417. The zero-order valence-electron chi connectivity index (χ0n) is 18.0. The number of likely N-dealkylation sites (tertiary alicyclic amines) is 1. The quantitative estimate of drug-likeness (QED) is 0.635. The van der Waals surface area contributed by atoms with Gasteiger partial charge in [-0.2, -0.15) is 0 Å². The summed E-state index contributed by atoms with van der Waals surface area (Å²) in [6.07, 6.45) is 3.73. The predicted octanol–water partition coefficient (Wildman–Crippen LogP) is 4.34. The smallest absolute Gasteiger partial charge is 0.337 e. The highest BCUT2D eigenvalue weighted by Gasteiger charge is 2.25. The van der Waals surface area contributed by atoms with E-state index in [0.717, 1.165) is 37.0 Å². The monoisotopic (exact) mass is 418 g/mol. The van der Waals surface area contributed by atoms with Crippen LogP contribution in [0.3, 0.4) is 0 Å². The van der Waals surface area contributed by atoms with Crippen LogP contribution in [0, 0.1) is 12.8 Å². The second kappa shape index (κ2) is 8.71. The number of nitrogens with zero attached hydrogens (tertiary/aromatic N) is 3. The molecule has 1 saturated heterocycles. The van der Waals surface area contributed by atoms with Crippen LogP contribution >= 0.6 is 0 Å². The zero-order valence-corrected chi connectivity index (χ0v) is 18.0. The number of fused-ring (bicyclic) bond motifs is 1. The van der Waals surface area contributed by atoms with Crippen LogP contribution in [-0.2, 0) is 4.74 Å². The van der Waals surface area contributed by atoms with Gasteiger partial charge in [-0.15, -0.1) is 0 Å². The normalized spacial score (nSPS) is 16.2. The molecule has 0 spiro atoms. The second-order valence-corrected chi connectivity index (χ2v) is 8.07. The Morgan fingerprint density at radius 1 is 1.23 bits per heavy atom. The third-order valence-electron chi connectivity index (χ3n) is 5.60. The van der Waals surface area contributed by atoms with E-state index in [1.54, 1.807) is 24.4 Å². The van der Waals surface area contributed by atoms with Crippen molar-refractivity contribution in [2.45, 2.75) is 26.7 Å². The number of piperidine rings is 1. The molecule has 0 saturated carbocycles. The molecule has 7 heteroatoms. The number of hydrogen-bond acceptors (Lipinski definition) is 6. The number of anilines is 2. The van der Waals surface area contributed by atoms with Gasteiger partial charge in [-0.25, -0.2) is 14.8 Å². The van der Waals surface area contributed by atoms with Crippen LogP contribution in [0.2, 0.25) is 0 Å². The maximum absolute atomic E-state index is 13.4. The Morgan fingerprint density at radius 3 is 2.84 bits per heavy atom. The Balaban J connectivity index is 1.79. The number of carbonyl (C=O) groups is 2. The van der Waals surface area contributed by atoms with Gasteiger partial charge in [0.1, 0.15) is 0 Å². The van der Waals surface area contributed by atoms with Crippen molar-refractivity contribution < 1.29 is 14.3 Å². The first kappa shape index (κ1) is 20.8. The van der Waals surface area contributed by atoms with Crippen LogP contribution in [0.15, 0.2) is 42.6 Å². The molecule has 160 valence electrons. The van der Waals surface area contributed by atoms with E-state index in [1.165, 1.54) is 7.11 Å². The molecule has 31 heavy (non-hydrogen) atoms. The molecule has 1 N–H and O–H groups in total. The number of methoxy groups -OCH3 is 1. The van der Waals surface area contributed by atoms with Crippen molar-refractivity contribution in [1.82, 2.24) is 14.9 Å². The fraction of sp³-hybridized carbons (Fsp3) is 0.333. The predicted molar refractivity (Wildman–Crippen MR) is 120 cm³/mol. The summed E-state index contributed by atoms with van der Waals surface area (Å²) in [5.41, 5.74) is 3.66. The van der Waals surface area contributed by atoms with Crippen LogP contribution in [0.4, 0.5) is 11.4 Å². The number of aromatic nitrogens is 2. The number of nitrogens with one attached hydrogen (secondary N) is 1. The molecule has 3 heterocycles. The van der Waals surface area contributed by atoms with Crippen LogP contribution in [-0.4, -0.2) is 46.9 Å². The molecule has 1 fully saturated rings. The highest BCUT2D eigenvalue weighted by atomic mass is 16.5. The van der Waals surface area contributed by atoms with E-state index in [0.29, 0.717) is 34.1 Å². The summed E-state index contributed by atoms with van der Waals surface area (Å²) in [4.78, 5) is 36.3. The van der Waals surface area contributed by atoms with Gasteiger partial charge in [0.25, 0.3) is 5.91 Å². The highest BCUT2D eigenvalue weighted by Crippen LogP contribution is 2.31. The van der Waals surface area contributed by atoms with Gasteiger partial charge in [-0.3, -0.25) is 4.79 Å². The lowest BCUT2D eigenvalue weighted by atomic mass is 9.99. The van der Waals surface area contributed by atoms with Gasteiger partial charge in [0.2, 0.25) is 0 Å². The first-order valence-corrected chi connectivity index (χ1v) is 10.5. The van der Waals surface area contributed by atoms with Crippen LogP contribution in [0.5, 0.6) is 0 Å². The van der Waals surface area contributed by atoms with Crippen molar-refractivity contribution >= 4 is 34.3 Å². The van der Waals surface area contributed by atoms with E-state index >= 15 is 0 Å². The number of ether oxygens (including phenoxy) is 1. The van der Waals surface area contributed by atoms with Gasteiger partial charge >= 0.3 is 5.97 Å². The number of amides is 1. The fourth-order valence-corrected chi connectivity index (χ4v) is 4.00. The summed E-state index contributed by atoms with van der Waals surface area (Å²) in [7, 11) is 1.35. The first-order valence-electron chi connectivity index (χ1n) is 10.5. The van der Waals surface area contributed by atoms with Gasteiger partial charge in [0.15, 0.2) is 5.65 Å². The van der Waals surface area contributed by atoms with Gasteiger partial charge in [0, 0.05) is 36.1 Å². The van der Waals surface area contributed by atoms with E-state index in [4.69, 9.17) is 4.74 Å². The lowest BCUT2D eigenvalue weighted by Crippen LogP contribution is -2.39. The molecule has 1 amide bonds. The van der Waals surface area contributed by atoms with Gasteiger partial charge in [-0.1, -0.05) is 13.0 Å². The van der Waals surface area contributed by atoms with Gasteiger partial charge < -0.3 is 15.0 Å². The SMILES string of the molecule is COC(=O)c1cccc(Nc2c(C(=O)N3CCC[C@@H](C)C3)cnc3nc(C)ccc23)c1. The first-order chi connectivity index (χ1) is 15.0. The number of pyridine rings is 2. The highest BCUT2D eigenvalue weighted by molar-refractivity contribution is 6.07. The molecule has 0 bridgehead atoms. The minimum absolute atomic E-state index is 0.0480. The molecule has 4 rings (SSSR count). The summed E-state index contributed by atoms with van der Waals surface area (Å²) in [5, 5.41) is 4.10. The number of benzene rings is 1. The molecule has 7 nitrogen and oxygen atoms in total. The third kappa shape index (κ3) is 4.35. The fourth-order valence-electron chi connectivity index (χ4n) is 4.00. The molecule has 0 radical (unpaired) electrons. The molecular weight excluding hydrogens is 392 g/mol. The van der Waals surface area contributed by atoms with E-state index in [2.05, 4.69) is 22.2 Å². The van der Waals surface area contributed by atoms with Crippen molar-refractivity contribution in [2.75, 3.05) is 25.5 Å². The maximum Gasteiger partial charge on any atom is 0.337 e. The number of rotatable bonds is 4. The summed E-state index contributed by atoms with van der Waals surface area (Å²) in [5.74, 6) is 0.0101. The van der Waals surface area contributed by atoms with E-state index in [9.17, 15) is 9.59 Å². The molecule has 1 aromatic carbocycles. The van der Waals surface area contributed by atoms with Gasteiger partial charge in [-0.05, 0) is 56.0 Å². The van der Waals surface area contributed by atoms with E-state index in [1.807, 2.05) is 30.0 Å². The van der Waals surface area contributed by atoms with E-state index in [-0.39, 0.29) is 5.91 Å². The number of aryl methyl sites for hydroxylation is 1. The molecule has 2 aromatic heterocycles. The maximum atomic E-state index is 13.4. The Morgan fingerprint density at radius 2 is 2.06 bits per heavy atom. The number of carbonyl (C=O) groups excluding carboxylic acids is 2. The average Bonchev–Trinajstić information content (AvgIpc) is 2.78. The Hall–Kier alpha value is -3.48. The molecule has 1 aliphatic heterocycles. The molecule has 1 aliphatic rings. The third-order valence-corrected chi connectivity index (χ3v) is 5.60. The molecular formula is C24H26N4O3. The number of hydrogen-bond donors (Lipinski definition) is 1. The summed E-state index contributed by atoms with van der Waals surface area (Å²) >= 11 is 0. The molecule has 1 atom stereocenters.